The molecule has 3 N–H and O–H groups in total. The number of H-pyrrole nitrogens is 1. The molecule has 1 aliphatic heterocycles. The van der Waals surface area contributed by atoms with Crippen molar-refractivity contribution in [2.75, 3.05) is 23.8 Å². The number of hydrogen-bond donors (Lipinski definition) is 2. The highest BCUT2D eigenvalue weighted by Crippen LogP contribution is 2.33. The predicted octanol–water partition coefficient (Wildman–Crippen LogP) is 4.74. The van der Waals surface area contributed by atoms with Crippen LogP contribution in [0.2, 0.25) is 0 Å². The molecule has 0 bridgehead atoms. The lowest BCUT2D eigenvalue weighted by atomic mass is 10.0. The van der Waals surface area contributed by atoms with E-state index in [1.807, 2.05) is 32.2 Å². The Kier molecular flexibility index (Phi) is 5.67. The van der Waals surface area contributed by atoms with Crippen molar-refractivity contribution in [1.82, 2.24) is 24.9 Å². The van der Waals surface area contributed by atoms with Gasteiger partial charge in [0.1, 0.15) is 29.8 Å². The van der Waals surface area contributed by atoms with Gasteiger partial charge in [-0.05, 0) is 55.3 Å². The minimum absolute atomic E-state index is 0.226. The summed E-state index contributed by atoms with van der Waals surface area (Å²) in [6.07, 6.45) is 2.41. The zero-order valence-electron chi connectivity index (χ0n) is 20.6. The van der Waals surface area contributed by atoms with Crippen LogP contribution in [0.25, 0.3) is 22.3 Å². The molecular weight excluding hydrogens is 469 g/mol. The van der Waals surface area contributed by atoms with E-state index < -0.39 is 0 Å². The molecule has 6 rings (SSSR count). The van der Waals surface area contributed by atoms with Crippen LogP contribution in [0.4, 0.5) is 16.2 Å². The van der Waals surface area contributed by atoms with Crippen molar-refractivity contribution in [2.45, 2.75) is 26.8 Å². The Labute approximate surface area is 213 Å². The molecule has 0 radical (unpaired) electrons. The second-order valence-corrected chi connectivity index (χ2v) is 9.28. The molecule has 0 atom stereocenters. The lowest BCUT2D eigenvalue weighted by molar-refractivity contribution is 0.331. The monoisotopic (exact) mass is 495 g/mol. The molecule has 4 heterocycles. The highest BCUT2D eigenvalue weighted by atomic mass is 19.1. The van der Waals surface area contributed by atoms with Crippen molar-refractivity contribution >= 4 is 22.9 Å². The van der Waals surface area contributed by atoms with E-state index in [4.69, 9.17) is 10.5 Å². The minimum Gasteiger partial charge on any atom is -0.491 e. The molecule has 0 unspecified atom stereocenters. The van der Waals surface area contributed by atoms with Gasteiger partial charge in [-0.3, -0.25) is 0 Å². The van der Waals surface area contributed by atoms with Gasteiger partial charge >= 0.3 is 0 Å². The molecule has 3 aromatic heterocycles. The third-order valence-electron chi connectivity index (χ3n) is 6.63. The van der Waals surface area contributed by atoms with Gasteiger partial charge in [0.15, 0.2) is 5.65 Å². The standard InChI is InChI=1S/C28H26FN7O/c1-16-23(11-18-3-6-22(29)7-4-18)27(35-28(30)32-16)36-9-10-37-25-8-5-19(12-21(25)15-36)20-13-24-26(31-14-20)34-17(2)33-24/h3-8,12-14H,9-11,15H2,1-2H3,(H2,30,32,35)(H,31,33,34). The third-order valence-corrected chi connectivity index (χ3v) is 6.63. The van der Waals surface area contributed by atoms with Crippen LogP contribution in [0.15, 0.2) is 54.7 Å². The average molecular weight is 496 g/mol. The first-order valence-electron chi connectivity index (χ1n) is 12.1. The molecule has 0 amide bonds. The Balaban J connectivity index is 1.36. The largest absolute Gasteiger partial charge is 0.491 e. The van der Waals surface area contributed by atoms with E-state index in [1.165, 1.54) is 12.1 Å². The maximum absolute atomic E-state index is 13.5. The summed E-state index contributed by atoms with van der Waals surface area (Å²) in [4.78, 5) is 23.4. The van der Waals surface area contributed by atoms with Crippen molar-refractivity contribution in [1.29, 1.82) is 0 Å². The zero-order chi connectivity index (χ0) is 25.5. The maximum atomic E-state index is 13.5. The molecule has 2 aromatic carbocycles. The number of hydrogen-bond acceptors (Lipinski definition) is 7. The molecule has 1 aliphatic rings. The molecule has 0 saturated heterocycles. The lowest BCUT2D eigenvalue weighted by Gasteiger charge is -2.25. The van der Waals surface area contributed by atoms with Crippen molar-refractivity contribution in [3.63, 3.8) is 0 Å². The normalized spacial score (nSPS) is 13.3. The summed E-state index contributed by atoms with van der Waals surface area (Å²) >= 11 is 0. The summed E-state index contributed by atoms with van der Waals surface area (Å²) in [6.45, 7) is 5.58. The van der Waals surface area contributed by atoms with Gasteiger partial charge in [-0.1, -0.05) is 18.2 Å². The van der Waals surface area contributed by atoms with E-state index in [0.717, 1.165) is 56.4 Å². The summed E-state index contributed by atoms with van der Waals surface area (Å²) in [5.41, 5.74) is 13.5. The average Bonchev–Trinajstić information content (AvgIpc) is 3.12. The molecule has 8 nitrogen and oxygen atoms in total. The van der Waals surface area contributed by atoms with E-state index >= 15 is 0 Å². The summed E-state index contributed by atoms with van der Waals surface area (Å²) in [5, 5.41) is 0. The molecular formula is C28H26FN7O. The number of nitrogens with one attached hydrogen (secondary N) is 1. The fourth-order valence-electron chi connectivity index (χ4n) is 4.81. The number of pyridine rings is 1. The molecule has 186 valence electrons. The number of halogens is 1. The van der Waals surface area contributed by atoms with Crippen LogP contribution in [-0.2, 0) is 13.0 Å². The second kappa shape index (κ2) is 9.16. The van der Waals surface area contributed by atoms with Crippen LogP contribution >= 0.6 is 0 Å². The summed E-state index contributed by atoms with van der Waals surface area (Å²) in [7, 11) is 0. The number of imidazole rings is 1. The zero-order valence-corrected chi connectivity index (χ0v) is 20.6. The predicted molar refractivity (Wildman–Crippen MR) is 141 cm³/mol. The highest BCUT2D eigenvalue weighted by molar-refractivity contribution is 5.78. The van der Waals surface area contributed by atoms with Crippen LogP contribution in [0, 0.1) is 19.7 Å². The van der Waals surface area contributed by atoms with Gasteiger partial charge in [0.05, 0.1) is 12.1 Å². The molecule has 0 spiro atoms. The SMILES string of the molecule is Cc1nc2ncc(-c3ccc4c(c3)CN(c3nc(N)nc(C)c3Cc3ccc(F)cc3)CCO4)cc2[nH]1. The first-order valence-corrected chi connectivity index (χ1v) is 12.1. The van der Waals surface area contributed by atoms with Crippen LogP contribution in [0.5, 0.6) is 5.75 Å². The molecule has 0 fully saturated rings. The number of nitrogens with zero attached hydrogens (tertiary/aromatic N) is 5. The molecule has 0 aliphatic carbocycles. The first kappa shape index (κ1) is 22.9. The summed E-state index contributed by atoms with van der Waals surface area (Å²) in [6, 6.07) is 14.8. The van der Waals surface area contributed by atoms with Crippen molar-refractivity contribution in [2.24, 2.45) is 0 Å². The quantitative estimate of drug-likeness (QED) is 0.371. The van der Waals surface area contributed by atoms with Gasteiger partial charge in [-0.2, -0.15) is 4.98 Å². The lowest BCUT2D eigenvalue weighted by Crippen LogP contribution is -2.28. The number of aryl methyl sites for hydroxylation is 2. The van der Waals surface area contributed by atoms with Gasteiger partial charge < -0.3 is 20.4 Å². The van der Waals surface area contributed by atoms with E-state index in [2.05, 4.69) is 42.0 Å². The Morgan fingerprint density at radius 3 is 2.70 bits per heavy atom. The minimum atomic E-state index is -0.261. The van der Waals surface area contributed by atoms with Crippen LogP contribution in [0.3, 0.4) is 0 Å². The number of rotatable bonds is 4. The fraction of sp³-hybridized carbons (Fsp3) is 0.214. The van der Waals surface area contributed by atoms with Gasteiger partial charge in [-0.25, -0.2) is 19.3 Å². The number of anilines is 2. The van der Waals surface area contributed by atoms with Gasteiger partial charge in [0.25, 0.3) is 0 Å². The Morgan fingerprint density at radius 1 is 1.03 bits per heavy atom. The number of nitrogen functional groups attached to an aromatic ring is 1. The van der Waals surface area contributed by atoms with Crippen molar-refractivity contribution in [3.05, 3.63) is 88.8 Å². The summed E-state index contributed by atoms with van der Waals surface area (Å²) < 4.78 is 19.6. The van der Waals surface area contributed by atoms with E-state index in [1.54, 1.807) is 12.1 Å². The van der Waals surface area contributed by atoms with E-state index in [0.29, 0.717) is 31.8 Å². The van der Waals surface area contributed by atoms with Crippen LogP contribution in [-0.4, -0.2) is 38.1 Å². The van der Waals surface area contributed by atoms with Crippen LogP contribution < -0.4 is 15.4 Å². The number of fused-ring (bicyclic) bond motifs is 2. The van der Waals surface area contributed by atoms with Gasteiger partial charge in [0.2, 0.25) is 5.95 Å². The summed E-state index contributed by atoms with van der Waals surface area (Å²) in [5.74, 6) is 2.41. The maximum Gasteiger partial charge on any atom is 0.222 e. The van der Waals surface area contributed by atoms with Crippen molar-refractivity contribution in [3.8, 4) is 16.9 Å². The molecule has 9 heteroatoms. The van der Waals surface area contributed by atoms with E-state index in [-0.39, 0.29) is 11.8 Å². The number of ether oxygens (including phenoxy) is 1. The smallest absolute Gasteiger partial charge is 0.222 e. The Bertz CT molecular complexity index is 1610. The number of nitrogens with two attached hydrogens (primary N) is 1. The second-order valence-electron chi connectivity index (χ2n) is 9.28. The number of aromatic amines is 1. The third kappa shape index (κ3) is 4.55. The topological polar surface area (TPSA) is 106 Å². The van der Waals surface area contributed by atoms with Crippen molar-refractivity contribution < 1.29 is 9.13 Å². The van der Waals surface area contributed by atoms with E-state index in [9.17, 15) is 4.39 Å². The highest BCUT2D eigenvalue weighted by Gasteiger charge is 2.22. The number of aromatic nitrogens is 5. The van der Waals surface area contributed by atoms with Crippen LogP contribution in [0.1, 0.15) is 28.2 Å². The molecule has 37 heavy (non-hydrogen) atoms. The molecule has 5 aromatic rings. The Hall–Kier alpha value is -4.53. The van der Waals surface area contributed by atoms with Gasteiger partial charge in [-0.15, -0.1) is 0 Å². The first-order chi connectivity index (χ1) is 17.9. The van der Waals surface area contributed by atoms with Gasteiger partial charge in [0, 0.05) is 41.5 Å². The number of benzene rings is 2. The molecule has 0 saturated carbocycles. The Morgan fingerprint density at radius 2 is 1.86 bits per heavy atom. The fourth-order valence-corrected chi connectivity index (χ4v) is 4.81.